The van der Waals surface area contributed by atoms with Gasteiger partial charge in [-0.1, -0.05) is 11.3 Å². The molecular formula is C21H24N2O3S. The molecule has 3 fully saturated rings. The van der Waals surface area contributed by atoms with Gasteiger partial charge in [0.1, 0.15) is 5.75 Å². The number of amides is 1. The molecule has 3 aliphatic rings. The lowest BCUT2D eigenvalue weighted by atomic mass is 9.79. The third kappa shape index (κ3) is 3.77. The van der Waals surface area contributed by atoms with Crippen LogP contribution in [0, 0.1) is 5.92 Å². The Balaban J connectivity index is 1.39. The lowest BCUT2D eigenvalue weighted by Gasteiger charge is -2.49. The molecule has 5 rings (SSSR count). The molecule has 2 unspecified atom stereocenters. The molecule has 2 aromatic rings. The Labute approximate surface area is 163 Å². The monoisotopic (exact) mass is 384 g/mol. The number of ketones is 1. The summed E-state index contributed by atoms with van der Waals surface area (Å²) >= 11 is 1.32. The number of Topliss-reactive ketones (excluding diaryl/α,β-unsaturated/α-hetero) is 1. The van der Waals surface area contributed by atoms with Crippen molar-refractivity contribution in [3.05, 3.63) is 46.8 Å². The number of carbonyl (C=O) groups excluding carboxylic acids is 2. The van der Waals surface area contributed by atoms with Gasteiger partial charge in [-0.3, -0.25) is 14.5 Å². The van der Waals surface area contributed by atoms with E-state index in [1.165, 1.54) is 24.2 Å². The van der Waals surface area contributed by atoms with Crippen molar-refractivity contribution in [2.75, 3.05) is 13.1 Å². The highest BCUT2D eigenvalue weighted by Gasteiger charge is 2.40. The largest absolute Gasteiger partial charge is 0.447 e. The maximum Gasteiger partial charge on any atom is 0.251 e. The Morgan fingerprint density at radius 1 is 1.11 bits per heavy atom. The first-order valence-corrected chi connectivity index (χ1v) is 10.3. The maximum absolute atomic E-state index is 12.7. The zero-order chi connectivity index (χ0) is 19.0. The summed E-state index contributed by atoms with van der Waals surface area (Å²) in [6, 6.07) is 11.3. The maximum atomic E-state index is 12.7. The van der Waals surface area contributed by atoms with Crippen LogP contribution in [0.25, 0.3) is 0 Å². The van der Waals surface area contributed by atoms with Crippen molar-refractivity contribution in [1.82, 2.24) is 10.2 Å². The van der Waals surface area contributed by atoms with Crippen LogP contribution in [0.1, 0.15) is 46.7 Å². The summed E-state index contributed by atoms with van der Waals surface area (Å²) in [6.45, 7) is 6.05. The van der Waals surface area contributed by atoms with E-state index in [1.54, 1.807) is 43.3 Å². The molecule has 142 valence electrons. The number of piperidine rings is 3. The molecule has 3 saturated heterocycles. The number of nitrogens with one attached hydrogen (secondary N) is 1. The fourth-order valence-corrected chi connectivity index (χ4v) is 4.91. The van der Waals surface area contributed by atoms with Gasteiger partial charge in [0.05, 0.1) is 4.88 Å². The van der Waals surface area contributed by atoms with Gasteiger partial charge in [0.15, 0.2) is 10.8 Å². The van der Waals surface area contributed by atoms with Crippen molar-refractivity contribution in [3.8, 4) is 10.8 Å². The number of thiophene rings is 1. The highest BCUT2D eigenvalue weighted by Crippen LogP contribution is 2.33. The van der Waals surface area contributed by atoms with Crippen LogP contribution in [0.2, 0.25) is 0 Å². The van der Waals surface area contributed by atoms with Crippen molar-refractivity contribution in [2.45, 2.75) is 38.8 Å². The SMILES string of the molecule is CC(=O)c1ccc(Oc2ccc(C(=O)NC3C4CCN(CC4)C3C)cc2)s1. The molecule has 3 aliphatic heterocycles. The van der Waals surface area contributed by atoms with Gasteiger partial charge < -0.3 is 10.1 Å². The summed E-state index contributed by atoms with van der Waals surface area (Å²) in [5, 5.41) is 3.91. The fourth-order valence-electron chi connectivity index (χ4n) is 4.13. The van der Waals surface area contributed by atoms with Crippen LogP contribution < -0.4 is 10.1 Å². The molecule has 0 saturated carbocycles. The van der Waals surface area contributed by atoms with Crippen LogP contribution in [-0.2, 0) is 0 Å². The first-order valence-electron chi connectivity index (χ1n) is 9.45. The molecule has 2 atom stereocenters. The van der Waals surface area contributed by atoms with Gasteiger partial charge in [0.25, 0.3) is 5.91 Å². The van der Waals surface area contributed by atoms with E-state index in [0.29, 0.717) is 33.2 Å². The van der Waals surface area contributed by atoms with Crippen molar-refractivity contribution in [1.29, 1.82) is 0 Å². The number of benzene rings is 1. The van der Waals surface area contributed by atoms with Crippen molar-refractivity contribution in [2.24, 2.45) is 5.92 Å². The van der Waals surface area contributed by atoms with Gasteiger partial charge in [0, 0.05) is 17.6 Å². The van der Waals surface area contributed by atoms with E-state index in [9.17, 15) is 9.59 Å². The summed E-state index contributed by atoms with van der Waals surface area (Å²) in [5.74, 6) is 1.25. The molecule has 1 aromatic carbocycles. The van der Waals surface area contributed by atoms with E-state index in [4.69, 9.17) is 4.74 Å². The molecule has 2 bridgehead atoms. The van der Waals surface area contributed by atoms with Crippen molar-refractivity contribution in [3.63, 3.8) is 0 Å². The summed E-state index contributed by atoms with van der Waals surface area (Å²) in [5.41, 5.74) is 0.640. The number of carbonyl (C=O) groups is 2. The summed E-state index contributed by atoms with van der Waals surface area (Å²) in [6.07, 6.45) is 2.34. The Hall–Kier alpha value is -2.18. The molecule has 5 nitrogen and oxygen atoms in total. The quantitative estimate of drug-likeness (QED) is 0.793. The van der Waals surface area contributed by atoms with Gasteiger partial charge >= 0.3 is 0 Å². The third-order valence-corrected chi connectivity index (χ3v) is 6.80. The van der Waals surface area contributed by atoms with Crippen molar-refractivity contribution >= 4 is 23.0 Å². The van der Waals surface area contributed by atoms with Crippen LogP contribution in [0.4, 0.5) is 0 Å². The molecule has 1 amide bonds. The molecule has 0 spiro atoms. The first kappa shape index (κ1) is 18.2. The van der Waals surface area contributed by atoms with E-state index in [-0.39, 0.29) is 17.7 Å². The van der Waals surface area contributed by atoms with Crippen LogP contribution in [0.3, 0.4) is 0 Å². The Morgan fingerprint density at radius 3 is 2.41 bits per heavy atom. The second-order valence-electron chi connectivity index (χ2n) is 7.41. The number of ether oxygens (including phenoxy) is 1. The predicted octanol–water partition coefficient (Wildman–Crippen LogP) is 3.96. The summed E-state index contributed by atoms with van der Waals surface area (Å²) in [7, 11) is 0. The fraction of sp³-hybridized carbons (Fsp3) is 0.429. The van der Waals surface area contributed by atoms with Gasteiger partial charge in [-0.2, -0.15) is 0 Å². The molecule has 1 aromatic heterocycles. The van der Waals surface area contributed by atoms with Gasteiger partial charge in [-0.05, 0) is 82.1 Å². The summed E-state index contributed by atoms with van der Waals surface area (Å²) < 4.78 is 5.78. The minimum Gasteiger partial charge on any atom is -0.447 e. The molecule has 1 N–H and O–H groups in total. The predicted molar refractivity (Wildman–Crippen MR) is 106 cm³/mol. The van der Waals surface area contributed by atoms with E-state index >= 15 is 0 Å². The third-order valence-electron chi connectivity index (χ3n) is 5.74. The van der Waals surface area contributed by atoms with E-state index < -0.39 is 0 Å². The van der Waals surface area contributed by atoms with Crippen LogP contribution >= 0.6 is 11.3 Å². The minimum atomic E-state index is -0.0258. The Bertz CT molecular complexity index is 835. The second-order valence-corrected chi connectivity index (χ2v) is 8.46. The standard InChI is InChI=1S/C21H24N2O3S/c1-13-20(15-9-11-23(13)12-10-15)22-21(25)16-3-5-17(6-4-16)26-19-8-7-18(27-19)14(2)24/h3-8,13,15,20H,9-12H2,1-2H3,(H,22,25). The highest BCUT2D eigenvalue weighted by atomic mass is 32.1. The number of hydrogen-bond acceptors (Lipinski definition) is 5. The zero-order valence-corrected chi connectivity index (χ0v) is 16.4. The smallest absolute Gasteiger partial charge is 0.251 e. The molecule has 6 heteroatoms. The number of hydrogen-bond donors (Lipinski definition) is 1. The first-order chi connectivity index (χ1) is 13.0. The lowest BCUT2D eigenvalue weighted by Crippen LogP contribution is -2.62. The lowest BCUT2D eigenvalue weighted by molar-refractivity contribution is 0.0217. The molecule has 27 heavy (non-hydrogen) atoms. The highest BCUT2D eigenvalue weighted by molar-refractivity contribution is 7.15. The van der Waals surface area contributed by atoms with Crippen LogP contribution in [0.5, 0.6) is 10.8 Å². The number of fused-ring (bicyclic) bond motifs is 3. The van der Waals surface area contributed by atoms with E-state index in [1.807, 2.05) is 0 Å². The topological polar surface area (TPSA) is 58.6 Å². The molecule has 4 heterocycles. The zero-order valence-electron chi connectivity index (χ0n) is 15.6. The second kappa shape index (κ2) is 7.44. The molecular weight excluding hydrogens is 360 g/mol. The summed E-state index contributed by atoms with van der Waals surface area (Å²) in [4.78, 5) is 27.2. The number of nitrogens with zero attached hydrogens (tertiary/aromatic N) is 1. The van der Waals surface area contributed by atoms with Crippen molar-refractivity contribution < 1.29 is 14.3 Å². The molecule has 0 radical (unpaired) electrons. The molecule has 0 aliphatic carbocycles. The number of rotatable bonds is 5. The van der Waals surface area contributed by atoms with E-state index in [2.05, 4.69) is 17.1 Å². The van der Waals surface area contributed by atoms with Gasteiger partial charge in [0.2, 0.25) is 0 Å². The Kier molecular flexibility index (Phi) is 5.02. The average Bonchev–Trinajstić information content (AvgIpc) is 3.14. The minimum absolute atomic E-state index is 0.0258. The van der Waals surface area contributed by atoms with Crippen LogP contribution in [-0.4, -0.2) is 41.8 Å². The van der Waals surface area contributed by atoms with E-state index in [0.717, 1.165) is 13.1 Å². The van der Waals surface area contributed by atoms with Gasteiger partial charge in [-0.25, -0.2) is 0 Å². The Morgan fingerprint density at radius 2 is 1.81 bits per heavy atom. The van der Waals surface area contributed by atoms with Gasteiger partial charge in [-0.15, -0.1) is 0 Å². The van der Waals surface area contributed by atoms with Crippen LogP contribution in [0.15, 0.2) is 36.4 Å². The normalized spacial score (nSPS) is 26.6. The average molecular weight is 385 g/mol.